The van der Waals surface area contributed by atoms with E-state index in [4.69, 9.17) is 4.98 Å². The second-order valence-electron chi connectivity index (χ2n) is 8.45. The molecule has 0 bridgehead atoms. The number of nitrogens with one attached hydrogen (secondary N) is 1. The Balaban J connectivity index is 1.34. The van der Waals surface area contributed by atoms with Crippen molar-refractivity contribution in [2.24, 2.45) is 13.0 Å². The summed E-state index contributed by atoms with van der Waals surface area (Å²) in [4.78, 5) is 24.2. The van der Waals surface area contributed by atoms with Crippen molar-refractivity contribution in [2.75, 3.05) is 19.6 Å². The lowest BCUT2D eigenvalue weighted by molar-refractivity contribution is -0.124. The molecule has 162 valence electrons. The van der Waals surface area contributed by atoms with Crippen LogP contribution in [0.1, 0.15) is 11.4 Å². The highest BCUT2D eigenvalue weighted by Crippen LogP contribution is 2.22. The van der Waals surface area contributed by atoms with E-state index in [-0.39, 0.29) is 11.8 Å². The summed E-state index contributed by atoms with van der Waals surface area (Å²) in [6.07, 6.45) is 4.36. The van der Waals surface area contributed by atoms with Crippen LogP contribution < -0.4 is 5.32 Å². The zero-order valence-electron chi connectivity index (χ0n) is 18.2. The molecule has 4 aromatic rings. The minimum absolute atomic E-state index is 0.101. The lowest BCUT2D eigenvalue weighted by atomic mass is 9.95. The number of nitrogens with zero attached hydrogens (tertiary/aromatic N) is 4. The standard InChI is InChI=1S/C26H27N5O/c1-30-24-10-3-2-9-23(24)29-25(30)18-31-13-12-28-26(32)22(17-31)15-19-6-4-7-20(14-19)21-8-5-11-27-16-21/h2-11,14,16,22H,12-13,15,17-18H2,1H3,(H,28,32)/t22-/m1/s1. The van der Waals surface area contributed by atoms with Crippen molar-refractivity contribution in [1.29, 1.82) is 0 Å². The zero-order chi connectivity index (χ0) is 21.9. The topological polar surface area (TPSA) is 63.0 Å². The van der Waals surface area contributed by atoms with E-state index in [0.29, 0.717) is 19.5 Å². The number of hydrogen-bond donors (Lipinski definition) is 1. The first-order valence-electron chi connectivity index (χ1n) is 11.1. The van der Waals surface area contributed by atoms with Gasteiger partial charge in [-0.25, -0.2) is 4.98 Å². The Morgan fingerprint density at radius 2 is 1.94 bits per heavy atom. The number of amides is 1. The largest absolute Gasteiger partial charge is 0.355 e. The van der Waals surface area contributed by atoms with E-state index < -0.39 is 0 Å². The fourth-order valence-corrected chi connectivity index (χ4v) is 4.50. The third-order valence-electron chi connectivity index (χ3n) is 6.23. The van der Waals surface area contributed by atoms with Crippen molar-refractivity contribution in [1.82, 2.24) is 24.8 Å². The van der Waals surface area contributed by atoms with Crippen LogP contribution in [0.25, 0.3) is 22.2 Å². The number of benzene rings is 2. The number of fused-ring (bicyclic) bond motifs is 1. The van der Waals surface area contributed by atoms with Gasteiger partial charge in [-0.1, -0.05) is 42.5 Å². The molecule has 6 nitrogen and oxygen atoms in total. The van der Waals surface area contributed by atoms with Crippen molar-refractivity contribution in [3.05, 3.63) is 84.4 Å². The normalized spacial score (nSPS) is 17.3. The molecule has 0 aliphatic carbocycles. The molecule has 1 aliphatic heterocycles. The van der Waals surface area contributed by atoms with Crippen LogP contribution in [-0.2, 0) is 24.8 Å². The summed E-state index contributed by atoms with van der Waals surface area (Å²) in [6.45, 7) is 2.93. The van der Waals surface area contributed by atoms with Gasteiger partial charge in [-0.15, -0.1) is 0 Å². The quantitative estimate of drug-likeness (QED) is 0.532. The van der Waals surface area contributed by atoms with Crippen LogP contribution >= 0.6 is 0 Å². The highest BCUT2D eigenvalue weighted by atomic mass is 16.1. The number of hydrogen-bond acceptors (Lipinski definition) is 4. The fourth-order valence-electron chi connectivity index (χ4n) is 4.50. The Hall–Kier alpha value is -3.51. The van der Waals surface area contributed by atoms with Gasteiger partial charge in [0.2, 0.25) is 5.91 Å². The second kappa shape index (κ2) is 8.93. The van der Waals surface area contributed by atoms with Crippen molar-refractivity contribution < 1.29 is 4.79 Å². The monoisotopic (exact) mass is 425 g/mol. The van der Waals surface area contributed by atoms with E-state index in [0.717, 1.165) is 46.6 Å². The Labute approximate surface area is 187 Å². The number of carbonyl (C=O) groups excluding carboxylic acids is 1. The lowest BCUT2D eigenvalue weighted by Crippen LogP contribution is -2.33. The zero-order valence-corrected chi connectivity index (χ0v) is 18.2. The molecule has 5 rings (SSSR count). The van der Waals surface area contributed by atoms with E-state index in [1.165, 1.54) is 0 Å². The predicted octanol–water partition coefficient (Wildman–Crippen LogP) is 3.43. The molecule has 1 atom stereocenters. The summed E-state index contributed by atoms with van der Waals surface area (Å²) in [5, 5.41) is 3.10. The van der Waals surface area contributed by atoms with Crippen LogP contribution in [0.4, 0.5) is 0 Å². The van der Waals surface area contributed by atoms with E-state index in [9.17, 15) is 4.79 Å². The SMILES string of the molecule is Cn1c(CN2CCNC(=O)[C@H](Cc3cccc(-c4cccnc4)c3)C2)nc2ccccc21. The number of pyridine rings is 1. The van der Waals surface area contributed by atoms with Crippen LogP contribution in [0, 0.1) is 5.92 Å². The first-order valence-corrected chi connectivity index (χ1v) is 11.1. The molecule has 0 saturated carbocycles. The Bertz CT molecular complexity index is 1230. The van der Waals surface area contributed by atoms with E-state index in [2.05, 4.69) is 63.2 Å². The third kappa shape index (κ3) is 4.27. The summed E-state index contributed by atoms with van der Waals surface area (Å²) in [6, 6.07) is 20.6. The molecule has 32 heavy (non-hydrogen) atoms. The van der Waals surface area contributed by atoms with Crippen molar-refractivity contribution in [3.63, 3.8) is 0 Å². The molecule has 1 fully saturated rings. The van der Waals surface area contributed by atoms with Crippen molar-refractivity contribution in [3.8, 4) is 11.1 Å². The van der Waals surface area contributed by atoms with Gasteiger partial charge in [-0.3, -0.25) is 14.7 Å². The van der Waals surface area contributed by atoms with Crippen LogP contribution in [0.3, 0.4) is 0 Å². The van der Waals surface area contributed by atoms with E-state index in [1.807, 2.05) is 30.5 Å². The Morgan fingerprint density at radius 3 is 2.78 bits per heavy atom. The van der Waals surface area contributed by atoms with Crippen LogP contribution in [-0.4, -0.2) is 45.0 Å². The number of rotatable bonds is 5. The average Bonchev–Trinajstić information content (AvgIpc) is 3.03. The Kier molecular flexibility index (Phi) is 5.69. The number of aromatic nitrogens is 3. The first kappa shape index (κ1) is 20.4. The first-order chi connectivity index (χ1) is 15.7. The third-order valence-corrected chi connectivity index (χ3v) is 6.23. The maximum atomic E-state index is 12.8. The van der Waals surface area contributed by atoms with Gasteiger partial charge in [0.25, 0.3) is 0 Å². The molecule has 2 aromatic carbocycles. The van der Waals surface area contributed by atoms with Gasteiger partial charge in [-0.2, -0.15) is 0 Å². The van der Waals surface area contributed by atoms with Gasteiger partial charge in [-0.05, 0) is 41.3 Å². The van der Waals surface area contributed by atoms with Gasteiger partial charge in [0.15, 0.2) is 0 Å². The fraction of sp³-hybridized carbons (Fsp3) is 0.269. The predicted molar refractivity (Wildman–Crippen MR) is 126 cm³/mol. The minimum atomic E-state index is -0.101. The Morgan fingerprint density at radius 1 is 1.06 bits per heavy atom. The maximum absolute atomic E-state index is 12.8. The molecule has 6 heteroatoms. The molecular weight excluding hydrogens is 398 g/mol. The molecule has 1 N–H and O–H groups in total. The molecule has 3 heterocycles. The van der Waals surface area contributed by atoms with Gasteiger partial charge >= 0.3 is 0 Å². The minimum Gasteiger partial charge on any atom is -0.355 e. The average molecular weight is 426 g/mol. The lowest BCUT2D eigenvalue weighted by Gasteiger charge is -2.22. The summed E-state index contributed by atoms with van der Waals surface area (Å²) in [5.41, 5.74) is 5.52. The van der Waals surface area contributed by atoms with E-state index >= 15 is 0 Å². The van der Waals surface area contributed by atoms with Crippen molar-refractivity contribution >= 4 is 16.9 Å². The van der Waals surface area contributed by atoms with E-state index in [1.54, 1.807) is 6.20 Å². The molecule has 1 saturated heterocycles. The molecule has 1 aliphatic rings. The number of para-hydroxylation sites is 2. The van der Waals surface area contributed by atoms with Crippen LogP contribution in [0.5, 0.6) is 0 Å². The molecule has 1 amide bonds. The molecule has 2 aromatic heterocycles. The molecule has 0 spiro atoms. The molecular formula is C26H27N5O. The smallest absolute Gasteiger partial charge is 0.224 e. The summed E-state index contributed by atoms with van der Waals surface area (Å²) in [5.74, 6) is 1.05. The van der Waals surface area contributed by atoms with Crippen molar-refractivity contribution in [2.45, 2.75) is 13.0 Å². The summed E-state index contributed by atoms with van der Waals surface area (Å²) >= 11 is 0. The van der Waals surface area contributed by atoms with Crippen LogP contribution in [0.2, 0.25) is 0 Å². The van der Waals surface area contributed by atoms with Gasteiger partial charge in [0.05, 0.1) is 23.5 Å². The summed E-state index contributed by atoms with van der Waals surface area (Å²) in [7, 11) is 2.06. The number of carbonyl (C=O) groups is 1. The number of aryl methyl sites for hydroxylation is 1. The highest BCUT2D eigenvalue weighted by molar-refractivity contribution is 5.79. The summed E-state index contributed by atoms with van der Waals surface area (Å²) < 4.78 is 2.15. The molecule has 0 unspecified atom stereocenters. The van der Waals surface area contributed by atoms with Crippen LogP contribution in [0.15, 0.2) is 73.1 Å². The maximum Gasteiger partial charge on any atom is 0.224 e. The van der Waals surface area contributed by atoms with Gasteiger partial charge in [0, 0.05) is 39.1 Å². The number of imidazole rings is 1. The van der Waals surface area contributed by atoms with Gasteiger partial charge in [0.1, 0.15) is 5.82 Å². The highest BCUT2D eigenvalue weighted by Gasteiger charge is 2.26. The van der Waals surface area contributed by atoms with Gasteiger partial charge < -0.3 is 9.88 Å². The second-order valence-corrected chi connectivity index (χ2v) is 8.45. The molecule has 0 radical (unpaired) electrons.